The van der Waals surface area contributed by atoms with Gasteiger partial charge in [0.15, 0.2) is 11.0 Å². The second-order valence-corrected chi connectivity index (χ2v) is 9.44. The Kier molecular flexibility index (Phi) is 7.60. The first-order chi connectivity index (χ1) is 14.9. The van der Waals surface area contributed by atoms with Crippen molar-refractivity contribution in [3.63, 3.8) is 0 Å². The molecule has 1 atom stereocenters. The van der Waals surface area contributed by atoms with Gasteiger partial charge >= 0.3 is 0 Å². The number of nitriles is 1. The predicted octanol–water partition coefficient (Wildman–Crippen LogP) is 4.61. The van der Waals surface area contributed by atoms with E-state index in [4.69, 9.17) is 4.74 Å². The molecule has 166 valence electrons. The number of carbonyl (C=O) groups is 1. The van der Waals surface area contributed by atoms with Crippen LogP contribution < -0.4 is 10.1 Å². The topological polar surface area (TPSA) is 92.8 Å². The Morgan fingerprint density at radius 2 is 1.97 bits per heavy atom. The van der Waals surface area contributed by atoms with Crippen molar-refractivity contribution >= 4 is 17.7 Å². The fraction of sp³-hybridized carbons (Fsp3) is 0.565. The highest BCUT2D eigenvalue weighted by Gasteiger charge is 2.30. The lowest BCUT2D eigenvalue weighted by atomic mass is 9.90. The number of nitrogens with zero attached hydrogens (tertiary/aromatic N) is 4. The molecule has 7 nitrogen and oxygen atoms in total. The van der Waals surface area contributed by atoms with Crippen LogP contribution in [0.1, 0.15) is 58.9 Å². The minimum Gasteiger partial charge on any atom is -0.497 e. The van der Waals surface area contributed by atoms with Crippen molar-refractivity contribution < 1.29 is 9.53 Å². The summed E-state index contributed by atoms with van der Waals surface area (Å²) in [5.41, 5.74) is 0.0928. The first kappa shape index (κ1) is 23.1. The average molecular weight is 442 g/mol. The van der Waals surface area contributed by atoms with Gasteiger partial charge in [-0.25, -0.2) is 0 Å². The van der Waals surface area contributed by atoms with Gasteiger partial charge in [-0.2, -0.15) is 5.26 Å². The van der Waals surface area contributed by atoms with E-state index in [0.29, 0.717) is 6.04 Å². The zero-order chi connectivity index (χ0) is 22.4. The number of benzene rings is 1. The third kappa shape index (κ3) is 5.40. The molecule has 1 unspecified atom stereocenters. The first-order valence-electron chi connectivity index (χ1n) is 10.8. The van der Waals surface area contributed by atoms with E-state index in [1.807, 2.05) is 38.1 Å². The summed E-state index contributed by atoms with van der Waals surface area (Å²) < 4.78 is 7.47. The highest BCUT2D eigenvalue weighted by molar-refractivity contribution is 7.99. The zero-order valence-corrected chi connectivity index (χ0v) is 19.5. The number of hydrogen-bond acceptors (Lipinski definition) is 6. The lowest BCUT2D eigenvalue weighted by Gasteiger charge is -2.27. The van der Waals surface area contributed by atoms with E-state index in [9.17, 15) is 10.1 Å². The van der Waals surface area contributed by atoms with Crippen LogP contribution in [0.4, 0.5) is 0 Å². The number of aromatic nitrogens is 3. The van der Waals surface area contributed by atoms with E-state index < -0.39 is 5.54 Å². The van der Waals surface area contributed by atoms with Gasteiger partial charge in [-0.1, -0.05) is 44.9 Å². The molecule has 1 aromatic carbocycles. The summed E-state index contributed by atoms with van der Waals surface area (Å²) in [4.78, 5) is 12.6. The Morgan fingerprint density at radius 1 is 1.29 bits per heavy atom. The lowest BCUT2D eigenvalue weighted by Crippen LogP contribution is -2.49. The molecule has 0 aliphatic heterocycles. The molecule has 1 N–H and O–H groups in total. The molecule has 0 spiro atoms. The maximum Gasteiger partial charge on any atom is 0.231 e. The molecule has 0 radical (unpaired) electrons. The molecule has 0 bridgehead atoms. The molecule has 1 aromatic heterocycles. The van der Waals surface area contributed by atoms with Gasteiger partial charge < -0.3 is 10.1 Å². The number of rotatable bonds is 8. The number of hydrogen-bond donors (Lipinski definition) is 1. The minimum absolute atomic E-state index is 0.0130. The SMILES string of the molecule is COc1ccc(-c2nnc(SCC(=O)NC(C)(C#N)C(C)C)n2C2CCCCC2)cc1. The van der Waals surface area contributed by atoms with Crippen molar-refractivity contribution in [3.8, 4) is 23.2 Å². The molecule has 31 heavy (non-hydrogen) atoms. The van der Waals surface area contributed by atoms with Gasteiger partial charge in [0, 0.05) is 11.6 Å². The molecule has 1 aliphatic rings. The molecule has 1 saturated carbocycles. The Hall–Kier alpha value is -2.53. The van der Waals surface area contributed by atoms with E-state index in [2.05, 4.69) is 26.2 Å². The number of carbonyl (C=O) groups excluding carboxylic acids is 1. The van der Waals surface area contributed by atoms with Crippen LogP contribution >= 0.6 is 11.8 Å². The quantitative estimate of drug-likeness (QED) is 0.602. The van der Waals surface area contributed by atoms with Gasteiger partial charge in [-0.15, -0.1) is 10.2 Å². The van der Waals surface area contributed by atoms with Gasteiger partial charge in [-0.3, -0.25) is 9.36 Å². The summed E-state index contributed by atoms with van der Waals surface area (Å²) >= 11 is 1.38. The van der Waals surface area contributed by atoms with Crippen LogP contribution in [0.25, 0.3) is 11.4 Å². The summed E-state index contributed by atoms with van der Waals surface area (Å²) in [6, 6.07) is 10.4. The smallest absolute Gasteiger partial charge is 0.231 e. The molecule has 3 rings (SSSR count). The zero-order valence-electron chi connectivity index (χ0n) is 18.7. The van der Waals surface area contributed by atoms with E-state index in [0.717, 1.165) is 35.1 Å². The number of nitrogens with one attached hydrogen (secondary N) is 1. The second-order valence-electron chi connectivity index (χ2n) is 8.50. The van der Waals surface area contributed by atoms with Crippen molar-refractivity contribution in [2.24, 2.45) is 5.92 Å². The van der Waals surface area contributed by atoms with Crippen LogP contribution in [0.15, 0.2) is 29.4 Å². The van der Waals surface area contributed by atoms with E-state index in [-0.39, 0.29) is 17.6 Å². The van der Waals surface area contributed by atoms with Crippen molar-refractivity contribution in [1.29, 1.82) is 5.26 Å². The maximum absolute atomic E-state index is 12.6. The highest BCUT2D eigenvalue weighted by atomic mass is 32.2. The molecule has 8 heteroatoms. The van der Waals surface area contributed by atoms with Gasteiger partial charge in [-0.05, 0) is 49.9 Å². The van der Waals surface area contributed by atoms with Crippen LogP contribution in [0.2, 0.25) is 0 Å². The van der Waals surface area contributed by atoms with Gasteiger partial charge in [0.25, 0.3) is 0 Å². The van der Waals surface area contributed by atoms with Crippen LogP contribution in [0.5, 0.6) is 5.75 Å². The van der Waals surface area contributed by atoms with Gasteiger partial charge in [0.1, 0.15) is 11.3 Å². The van der Waals surface area contributed by atoms with Crippen molar-refractivity contribution in [2.75, 3.05) is 12.9 Å². The van der Waals surface area contributed by atoms with Crippen LogP contribution in [0, 0.1) is 17.2 Å². The minimum atomic E-state index is -0.886. The Morgan fingerprint density at radius 3 is 2.55 bits per heavy atom. The Labute approximate surface area is 188 Å². The van der Waals surface area contributed by atoms with Crippen molar-refractivity contribution in [2.45, 2.75) is 69.6 Å². The molecular weight excluding hydrogens is 410 g/mol. The third-order valence-electron chi connectivity index (χ3n) is 6.07. The van der Waals surface area contributed by atoms with Crippen molar-refractivity contribution in [3.05, 3.63) is 24.3 Å². The molecule has 2 aromatic rings. The van der Waals surface area contributed by atoms with Gasteiger partial charge in [0.05, 0.1) is 18.9 Å². The third-order valence-corrected chi connectivity index (χ3v) is 7.01. The fourth-order valence-electron chi connectivity index (χ4n) is 3.74. The highest BCUT2D eigenvalue weighted by Crippen LogP contribution is 2.36. The summed E-state index contributed by atoms with van der Waals surface area (Å²) in [7, 11) is 1.65. The van der Waals surface area contributed by atoms with Crippen molar-refractivity contribution in [1.82, 2.24) is 20.1 Å². The van der Waals surface area contributed by atoms with Crippen LogP contribution in [-0.2, 0) is 4.79 Å². The first-order valence-corrected chi connectivity index (χ1v) is 11.8. The molecule has 0 saturated heterocycles. The van der Waals surface area contributed by atoms with E-state index in [1.54, 1.807) is 14.0 Å². The summed E-state index contributed by atoms with van der Waals surface area (Å²) in [5.74, 6) is 1.65. The number of ether oxygens (including phenoxy) is 1. The second kappa shape index (κ2) is 10.2. The maximum atomic E-state index is 12.6. The Bertz CT molecular complexity index is 928. The fourth-order valence-corrected chi connectivity index (χ4v) is 4.54. The number of amides is 1. The molecule has 1 heterocycles. The summed E-state index contributed by atoms with van der Waals surface area (Å²) in [5, 5.41) is 22.0. The predicted molar refractivity (Wildman–Crippen MR) is 122 cm³/mol. The molecule has 1 amide bonds. The van der Waals surface area contributed by atoms with Crippen LogP contribution in [-0.4, -0.2) is 39.1 Å². The standard InChI is InChI=1S/C23H31N5O2S/c1-16(2)23(3,15-24)25-20(29)14-31-22-27-26-21(17-10-12-19(30-4)13-11-17)28(22)18-8-6-5-7-9-18/h10-13,16,18H,5-9,14H2,1-4H3,(H,25,29). The number of thioether (sulfide) groups is 1. The average Bonchev–Trinajstić information content (AvgIpc) is 3.22. The van der Waals surface area contributed by atoms with E-state index in [1.165, 1.54) is 31.0 Å². The van der Waals surface area contributed by atoms with Gasteiger partial charge in [0.2, 0.25) is 5.91 Å². The molecular formula is C23H31N5O2S. The molecule has 1 fully saturated rings. The normalized spacial score (nSPS) is 16.5. The largest absolute Gasteiger partial charge is 0.497 e. The lowest BCUT2D eigenvalue weighted by molar-refractivity contribution is -0.120. The molecule has 1 aliphatic carbocycles. The van der Waals surface area contributed by atoms with Crippen LogP contribution in [0.3, 0.4) is 0 Å². The monoisotopic (exact) mass is 441 g/mol. The summed E-state index contributed by atoms with van der Waals surface area (Å²) in [6.07, 6.45) is 5.79. The number of methoxy groups -OCH3 is 1. The summed E-state index contributed by atoms with van der Waals surface area (Å²) in [6.45, 7) is 5.61. The Balaban J connectivity index is 1.82. The van der Waals surface area contributed by atoms with E-state index >= 15 is 0 Å².